The summed E-state index contributed by atoms with van der Waals surface area (Å²) in [6.07, 6.45) is 2.96. The van der Waals surface area contributed by atoms with E-state index in [1.54, 1.807) is 6.20 Å². The van der Waals surface area contributed by atoms with E-state index in [1.807, 2.05) is 6.92 Å². The molecule has 1 aliphatic heterocycles. The second-order valence-electron chi connectivity index (χ2n) is 5.05. The molecule has 1 aliphatic rings. The lowest BCUT2D eigenvalue weighted by Crippen LogP contribution is -2.55. The summed E-state index contributed by atoms with van der Waals surface area (Å²) in [4.78, 5) is 6.86. The van der Waals surface area contributed by atoms with Crippen LogP contribution in [0.2, 0.25) is 0 Å². The molecule has 4 nitrogen and oxygen atoms in total. The van der Waals surface area contributed by atoms with Crippen molar-refractivity contribution in [3.63, 3.8) is 0 Å². The summed E-state index contributed by atoms with van der Waals surface area (Å²) in [6.45, 7) is 10.7. The average molecular weight is 237 g/mol. The first kappa shape index (κ1) is 12.6. The minimum absolute atomic E-state index is 0.262. The summed E-state index contributed by atoms with van der Waals surface area (Å²) in [6, 6.07) is 1.38. The monoisotopic (exact) mass is 237 g/mol. The number of piperazine rings is 1. The van der Waals surface area contributed by atoms with Crippen LogP contribution in [0.1, 0.15) is 44.9 Å². The zero-order chi connectivity index (χ0) is 12.4. The van der Waals surface area contributed by atoms with Gasteiger partial charge in [-0.2, -0.15) is 0 Å². The van der Waals surface area contributed by atoms with Gasteiger partial charge in [-0.15, -0.1) is 0 Å². The molecule has 3 atom stereocenters. The Bertz CT molecular complexity index is 363. The molecule has 0 bridgehead atoms. The Morgan fingerprint density at radius 1 is 1.65 bits per heavy atom. The predicted octanol–water partition coefficient (Wildman–Crippen LogP) is 2.12. The number of hydrogen-bond acceptors (Lipinski definition) is 4. The summed E-state index contributed by atoms with van der Waals surface area (Å²) < 4.78 is 5.65. The molecule has 0 saturated carbocycles. The summed E-state index contributed by atoms with van der Waals surface area (Å²) in [5.41, 5.74) is 0. The van der Waals surface area contributed by atoms with Crippen LogP contribution < -0.4 is 5.32 Å². The lowest BCUT2D eigenvalue weighted by molar-refractivity contribution is 0.0769. The van der Waals surface area contributed by atoms with Crippen LogP contribution in [-0.4, -0.2) is 35.1 Å². The molecule has 3 unspecified atom stereocenters. The van der Waals surface area contributed by atoms with Gasteiger partial charge in [0.15, 0.2) is 0 Å². The third-order valence-corrected chi connectivity index (χ3v) is 3.62. The van der Waals surface area contributed by atoms with Crippen LogP contribution in [0.25, 0.3) is 0 Å². The van der Waals surface area contributed by atoms with E-state index in [1.165, 1.54) is 0 Å². The maximum atomic E-state index is 5.65. The minimum atomic E-state index is 0.262. The molecule has 0 radical (unpaired) electrons. The molecule has 1 aromatic heterocycles. The molecule has 1 aromatic rings. The SMILES string of the molecule is CCC1CNC(C)CN1C(C)c1ncc(C)o1. The van der Waals surface area contributed by atoms with Gasteiger partial charge in [-0.25, -0.2) is 4.98 Å². The van der Waals surface area contributed by atoms with E-state index in [-0.39, 0.29) is 6.04 Å². The second kappa shape index (κ2) is 5.19. The summed E-state index contributed by atoms with van der Waals surface area (Å²) in [5, 5.41) is 3.53. The molecule has 0 spiro atoms. The van der Waals surface area contributed by atoms with Crippen molar-refractivity contribution in [1.82, 2.24) is 15.2 Å². The van der Waals surface area contributed by atoms with Crippen LogP contribution in [0.15, 0.2) is 10.6 Å². The lowest BCUT2D eigenvalue weighted by atomic mass is 10.0. The van der Waals surface area contributed by atoms with Gasteiger partial charge in [-0.1, -0.05) is 6.92 Å². The number of oxazole rings is 1. The lowest BCUT2D eigenvalue weighted by Gasteiger charge is -2.41. The highest BCUT2D eigenvalue weighted by Crippen LogP contribution is 2.25. The van der Waals surface area contributed by atoms with Gasteiger partial charge >= 0.3 is 0 Å². The highest BCUT2D eigenvalue weighted by molar-refractivity contribution is 4.98. The average Bonchev–Trinajstić information content (AvgIpc) is 2.75. The summed E-state index contributed by atoms with van der Waals surface area (Å²) in [7, 11) is 0. The Balaban J connectivity index is 2.12. The number of aryl methyl sites for hydroxylation is 1. The van der Waals surface area contributed by atoms with E-state index >= 15 is 0 Å². The van der Waals surface area contributed by atoms with Gasteiger partial charge in [-0.05, 0) is 27.2 Å². The summed E-state index contributed by atoms with van der Waals surface area (Å²) in [5.74, 6) is 1.73. The number of nitrogens with zero attached hydrogens (tertiary/aromatic N) is 2. The predicted molar refractivity (Wildman–Crippen MR) is 67.9 cm³/mol. The van der Waals surface area contributed by atoms with Crippen LogP contribution in [-0.2, 0) is 0 Å². The highest BCUT2D eigenvalue weighted by atomic mass is 16.4. The van der Waals surface area contributed by atoms with Crippen molar-refractivity contribution in [1.29, 1.82) is 0 Å². The van der Waals surface area contributed by atoms with Crippen LogP contribution in [0.3, 0.4) is 0 Å². The zero-order valence-corrected chi connectivity index (χ0v) is 11.2. The topological polar surface area (TPSA) is 41.3 Å². The fraction of sp³-hybridized carbons (Fsp3) is 0.769. The van der Waals surface area contributed by atoms with E-state index in [4.69, 9.17) is 4.42 Å². The third-order valence-electron chi connectivity index (χ3n) is 3.62. The fourth-order valence-corrected chi connectivity index (χ4v) is 2.54. The van der Waals surface area contributed by atoms with Crippen molar-refractivity contribution in [2.24, 2.45) is 0 Å². The van der Waals surface area contributed by atoms with Crippen LogP contribution >= 0.6 is 0 Å². The second-order valence-corrected chi connectivity index (χ2v) is 5.05. The molecule has 1 fully saturated rings. The molecule has 1 N–H and O–H groups in total. The van der Waals surface area contributed by atoms with Crippen LogP contribution in [0.4, 0.5) is 0 Å². The Kier molecular flexibility index (Phi) is 3.84. The van der Waals surface area contributed by atoms with Crippen LogP contribution in [0.5, 0.6) is 0 Å². The zero-order valence-electron chi connectivity index (χ0n) is 11.2. The van der Waals surface area contributed by atoms with Gasteiger partial charge < -0.3 is 9.73 Å². The molecule has 2 heterocycles. The quantitative estimate of drug-likeness (QED) is 0.874. The maximum Gasteiger partial charge on any atom is 0.211 e. The number of nitrogens with one attached hydrogen (secondary N) is 1. The summed E-state index contributed by atoms with van der Waals surface area (Å²) >= 11 is 0. The van der Waals surface area contributed by atoms with Crippen molar-refractivity contribution in [3.8, 4) is 0 Å². The molecule has 0 aromatic carbocycles. The third kappa shape index (κ3) is 2.69. The molecule has 96 valence electrons. The van der Waals surface area contributed by atoms with E-state index in [0.717, 1.165) is 31.2 Å². The Morgan fingerprint density at radius 3 is 3.00 bits per heavy atom. The van der Waals surface area contributed by atoms with Crippen molar-refractivity contribution < 1.29 is 4.42 Å². The van der Waals surface area contributed by atoms with Gasteiger partial charge in [0.05, 0.1) is 12.2 Å². The van der Waals surface area contributed by atoms with Gasteiger partial charge in [0.25, 0.3) is 0 Å². The van der Waals surface area contributed by atoms with Gasteiger partial charge in [0.2, 0.25) is 5.89 Å². The van der Waals surface area contributed by atoms with Gasteiger partial charge in [0, 0.05) is 25.2 Å². The molecule has 0 amide bonds. The number of rotatable bonds is 3. The smallest absolute Gasteiger partial charge is 0.211 e. The molecule has 0 aliphatic carbocycles. The van der Waals surface area contributed by atoms with Gasteiger partial charge in [-0.3, -0.25) is 4.90 Å². The molecule has 4 heteroatoms. The Hall–Kier alpha value is -0.870. The van der Waals surface area contributed by atoms with Crippen LogP contribution in [0, 0.1) is 6.92 Å². The highest BCUT2D eigenvalue weighted by Gasteiger charge is 2.30. The maximum absolute atomic E-state index is 5.65. The first-order valence-corrected chi connectivity index (χ1v) is 6.53. The van der Waals surface area contributed by atoms with E-state index in [0.29, 0.717) is 12.1 Å². The normalized spacial score (nSPS) is 28.2. The van der Waals surface area contributed by atoms with E-state index in [9.17, 15) is 0 Å². The molecular weight excluding hydrogens is 214 g/mol. The standard InChI is InChI=1S/C13H23N3O/c1-5-12-7-14-9(2)8-16(12)11(4)13-15-6-10(3)17-13/h6,9,11-12,14H,5,7-8H2,1-4H3. The Morgan fingerprint density at radius 2 is 2.41 bits per heavy atom. The molecule has 1 saturated heterocycles. The first-order valence-electron chi connectivity index (χ1n) is 6.53. The molecule has 17 heavy (non-hydrogen) atoms. The minimum Gasteiger partial charge on any atom is -0.444 e. The largest absolute Gasteiger partial charge is 0.444 e. The van der Waals surface area contributed by atoms with Crippen molar-refractivity contribution in [2.45, 2.75) is 52.2 Å². The number of aromatic nitrogens is 1. The van der Waals surface area contributed by atoms with Crippen molar-refractivity contribution in [2.75, 3.05) is 13.1 Å². The van der Waals surface area contributed by atoms with E-state index in [2.05, 4.69) is 36.0 Å². The Labute approximate surface area is 103 Å². The number of hydrogen-bond donors (Lipinski definition) is 1. The van der Waals surface area contributed by atoms with Crippen molar-refractivity contribution in [3.05, 3.63) is 17.8 Å². The van der Waals surface area contributed by atoms with E-state index < -0.39 is 0 Å². The molecule has 2 rings (SSSR count). The van der Waals surface area contributed by atoms with Crippen molar-refractivity contribution >= 4 is 0 Å². The van der Waals surface area contributed by atoms with Gasteiger partial charge in [0.1, 0.15) is 5.76 Å². The molecular formula is C13H23N3O. The fourth-order valence-electron chi connectivity index (χ4n) is 2.54. The first-order chi connectivity index (χ1) is 8.11.